The molecular weight excluding hydrogens is 250 g/mol. The summed E-state index contributed by atoms with van der Waals surface area (Å²) in [4.78, 5) is 0. The topological polar surface area (TPSA) is 30.5 Å². The van der Waals surface area contributed by atoms with Crippen molar-refractivity contribution in [1.29, 1.82) is 0 Å². The Kier molecular flexibility index (Phi) is 5.44. The molecule has 1 aromatic carbocycles. The molecule has 1 atom stereocenters. The lowest BCUT2D eigenvalue weighted by atomic mass is 9.87. The highest BCUT2D eigenvalue weighted by Crippen LogP contribution is 2.37. The number of hydrogen-bond acceptors (Lipinski definition) is 3. The van der Waals surface area contributed by atoms with E-state index in [1.807, 2.05) is 13.1 Å². The summed E-state index contributed by atoms with van der Waals surface area (Å²) in [6, 6.07) is 8.70. The molecule has 0 aliphatic heterocycles. The monoisotopic (exact) mass is 277 g/mol. The summed E-state index contributed by atoms with van der Waals surface area (Å²) < 4.78 is 11.5. The lowest BCUT2D eigenvalue weighted by Crippen LogP contribution is -2.51. The van der Waals surface area contributed by atoms with Gasteiger partial charge in [-0.3, -0.25) is 0 Å². The lowest BCUT2D eigenvalue weighted by molar-refractivity contribution is -0.0597. The zero-order valence-corrected chi connectivity index (χ0v) is 12.9. The first-order valence-electron chi connectivity index (χ1n) is 7.68. The van der Waals surface area contributed by atoms with Crippen molar-refractivity contribution in [3.05, 3.63) is 29.8 Å². The van der Waals surface area contributed by atoms with Gasteiger partial charge in [-0.2, -0.15) is 0 Å². The van der Waals surface area contributed by atoms with E-state index in [1.165, 1.54) is 18.4 Å². The maximum absolute atomic E-state index is 6.18. The average molecular weight is 277 g/mol. The second kappa shape index (κ2) is 7.09. The van der Waals surface area contributed by atoms with Crippen molar-refractivity contribution in [3.8, 4) is 5.75 Å². The van der Waals surface area contributed by atoms with Gasteiger partial charge in [0.15, 0.2) is 0 Å². The highest BCUT2D eigenvalue weighted by atomic mass is 16.5. The predicted molar refractivity (Wildman–Crippen MR) is 82.4 cm³/mol. The van der Waals surface area contributed by atoms with Crippen LogP contribution in [0.1, 0.15) is 38.2 Å². The molecule has 0 heterocycles. The summed E-state index contributed by atoms with van der Waals surface area (Å²) in [6.45, 7) is 2.88. The second-order valence-electron chi connectivity index (χ2n) is 5.60. The van der Waals surface area contributed by atoms with Crippen LogP contribution >= 0.6 is 0 Å². The largest absolute Gasteiger partial charge is 0.497 e. The third kappa shape index (κ3) is 3.33. The van der Waals surface area contributed by atoms with E-state index < -0.39 is 0 Å². The molecule has 1 unspecified atom stereocenters. The fourth-order valence-corrected chi connectivity index (χ4v) is 3.44. The van der Waals surface area contributed by atoms with Gasteiger partial charge in [-0.15, -0.1) is 0 Å². The summed E-state index contributed by atoms with van der Waals surface area (Å²) in [5.41, 5.74) is 1.31. The van der Waals surface area contributed by atoms with Gasteiger partial charge >= 0.3 is 0 Å². The van der Waals surface area contributed by atoms with E-state index in [0.717, 1.165) is 31.6 Å². The van der Waals surface area contributed by atoms with E-state index in [4.69, 9.17) is 9.47 Å². The van der Waals surface area contributed by atoms with E-state index in [1.54, 1.807) is 7.11 Å². The van der Waals surface area contributed by atoms with E-state index in [2.05, 4.69) is 30.4 Å². The van der Waals surface area contributed by atoms with Crippen molar-refractivity contribution < 1.29 is 9.47 Å². The summed E-state index contributed by atoms with van der Waals surface area (Å²) >= 11 is 0. The van der Waals surface area contributed by atoms with Gasteiger partial charge in [-0.25, -0.2) is 0 Å². The van der Waals surface area contributed by atoms with Gasteiger partial charge < -0.3 is 14.8 Å². The molecule has 3 nitrogen and oxygen atoms in total. The molecule has 112 valence electrons. The van der Waals surface area contributed by atoms with Crippen LogP contribution in [0.5, 0.6) is 5.75 Å². The Morgan fingerprint density at radius 1 is 1.30 bits per heavy atom. The molecule has 0 amide bonds. The Balaban J connectivity index is 2.14. The Hall–Kier alpha value is -1.06. The maximum Gasteiger partial charge on any atom is 0.119 e. The normalized spacial score (nSPS) is 18.9. The van der Waals surface area contributed by atoms with Crippen LogP contribution in [-0.4, -0.2) is 32.4 Å². The SMILES string of the molecule is CCOC1(C(Cc2cccc(OC)c2)NC)CCCC1. The highest BCUT2D eigenvalue weighted by Gasteiger charge is 2.41. The fourth-order valence-electron chi connectivity index (χ4n) is 3.44. The van der Waals surface area contributed by atoms with Gasteiger partial charge in [0.1, 0.15) is 5.75 Å². The van der Waals surface area contributed by atoms with Crippen LogP contribution in [0.2, 0.25) is 0 Å². The smallest absolute Gasteiger partial charge is 0.119 e. The molecule has 2 rings (SSSR count). The van der Waals surface area contributed by atoms with E-state index >= 15 is 0 Å². The van der Waals surface area contributed by atoms with Crippen molar-refractivity contribution in [2.45, 2.75) is 50.7 Å². The molecule has 20 heavy (non-hydrogen) atoms. The molecule has 0 radical (unpaired) electrons. The minimum Gasteiger partial charge on any atom is -0.497 e. The van der Waals surface area contributed by atoms with Crippen molar-refractivity contribution in [2.24, 2.45) is 0 Å². The predicted octanol–water partition coefficient (Wildman–Crippen LogP) is 3.18. The van der Waals surface area contributed by atoms with E-state index in [9.17, 15) is 0 Å². The van der Waals surface area contributed by atoms with Crippen LogP contribution < -0.4 is 10.1 Å². The summed E-state index contributed by atoms with van der Waals surface area (Å²) in [5, 5.41) is 3.49. The minimum atomic E-state index is 0.00652. The molecule has 1 aliphatic carbocycles. The first kappa shape index (κ1) is 15.3. The van der Waals surface area contributed by atoms with Crippen LogP contribution in [0.4, 0.5) is 0 Å². The maximum atomic E-state index is 6.18. The first-order valence-corrected chi connectivity index (χ1v) is 7.68. The molecule has 1 aliphatic rings. The Morgan fingerprint density at radius 3 is 2.65 bits per heavy atom. The standard InChI is InChI=1S/C17H27NO2/c1-4-20-17(10-5-6-11-17)16(18-2)13-14-8-7-9-15(12-14)19-3/h7-9,12,16,18H,4-6,10-11,13H2,1-3H3. The van der Waals surface area contributed by atoms with Crippen LogP contribution in [-0.2, 0) is 11.2 Å². The number of benzene rings is 1. The van der Waals surface area contributed by atoms with Gasteiger partial charge in [-0.05, 0) is 50.9 Å². The average Bonchev–Trinajstić information content (AvgIpc) is 2.95. The van der Waals surface area contributed by atoms with Gasteiger partial charge in [0.25, 0.3) is 0 Å². The van der Waals surface area contributed by atoms with Crippen molar-refractivity contribution in [3.63, 3.8) is 0 Å². The quantitative estimate of drug-likeness (QED) is 0.830. The zero-order valence-electron chi connectivity index (χ0n) is 12.9. The number of likely N-dealkylation sites (N-methyl/N-ethyl adjacent to an activating group) is 1. The van der Waals surface area contributed by atoms with Crippen molar-refractivity contribution in [1.82, 2.24) is 5.32 Å². The fraction of sp³-hybridized carbons (Fsp3) is 0.647. The van der Waals surface area contributed by atoms with Gasteiger partial charge in [-0.1, -0.05) is 25.0 Å². The van der Waals surface area contributed by atoms with E-state index in [0.29, 0.717) is 6.04 Å². The van der Waals surface area contributed by atoms with E-state index in [-0.39, 0.29) is 5.60 Å². The number of ether oxygens (including phenoxy) is 2. The zero-order chi connectivity index (χ0) is 14.4. The first-order chi connectivity index (χ1) is 9.74. The molecule has 1 saturated carbocycles. The lowest BCUT2D eigenvalue weighted by Gasteiger charge is -2.37. The van der Waals surface area contributed by atoms with Crippen LogP contribution in [0.3, 0.4) is 0 Å². The number of nitrogens with one attached hydrogen (secondary N) is 1. The third-order valence-corrected chi connectivity index (χ3v) is 4.44. The third-order valence-electron chi connectivity index (χ3n) is 4.44. The summed E-state index contributed by atoms with van der Waals surface area (Å²) in [7, 11) is 3.76. The number of hydrogen-bond donors (Lipinski definition) is 1. The van der Waals surface area contributed by atoms with Crippen LogP contribution in [0, 0.1) is 0 Å². The molecule has 0 aromatic heterocycles. The summed E-state index contributed by atoms with van der Waals surface area (Å²) in [6.07, 6.45) is 5.85. The molecule has 1 N–H and O–H groups in total. The highest BCUT2D eigenvalue weighted by molar-refractivity contribution is 5.29. The second-order valence-corrected chi connectivity index (χ2v) is 5.60. The molecule has 3 heteroatoms. The van der Waals surface area contributed by atoms with Crippen molar-refractivity contribution in [2.75, 3.05) is 20.8 Å². The van der Waals surface area contributed by atoms with Crippen LogP contribution in [0.15, 0.2) is 24.3 Å². The Bertz CT molecular complexity index is 413. The number of rotatable bonds is 7. The molecule has 0 saturated heterocycles. The molecule has 0 spiro atoms. The molecule has 1 aromatic rings. The molecular formula is C17H27NO2. The minimum absolute atomic E-state index is 0.00652. The molecule has 0 bridgehead atoms. The number of methoxy groups -OCH3 is 1. The summed E-state index contributed by atoms with van der Waals surface area (Å²) in [5.74, 6) is 0.925. The van der Waals surface area contributed by atoms with Gasteiger partial charge in [0.05, 0.1) is 12.7 Å². The Morgan fingerprint density at radius 2 is 2.05 bits per heavy atom. The molecule has 1 fully saturated rings. The van der Waals surface area contributed by atoms with Gasteiger partial charge in [0, 0.05) is 12.6 Å². The Labute approximate surface area is 122 Å². The van der Waals surface area contributed by atoms with Gasteiger partial charge in [0.2, 0.25) is 0 Å². The van der Waals surface area contributed by atoms with Crippen LogP contribution in [0.25, 0.3) is 0 Å². The van der Waals surface area contributed by atoms with Crippen molar-refractivity contribution >= 4 is 0 Å².